The van der Waals surface area contributed by atoms with E-state index in [4.69, 9.17) is 15.2 Å². The number of nitrogens with one attached hydrogen (secondary N) is 3. The quantitative estimate of drug-likeness (QED) is 0.409. The van der Waals surface area contributed by atoms with Gasteiger partial charge >= 0.3 is 0 Å². The Kier molecular flexibility index (Phi) is 3.59. The van der Waals surface area contributed by atoms with Gasteiger partial charge in [0.1, 0.15) is 12.0 Å². The second-order valence-electron chi connectivity index (χ2n) is 5.00. The van der Waals surface area contributed by atoms with E-state index in [0.717, 1.165) is 31.0 Å². The lowest BCUT2D eigenvalue weighted by atomic mass is 9.80. The van der Waals surface area contributed by atoms with Crippen molar-refractivity contribution in [3.63, 3.8) is 0 Å². The first-order chi connectivity index (χ1) is 8.79. The largest absolute Gasteiger partial charge is 0.366 e. The summed E-state index contributed by atoms with van der Waals surface area (Å²) in [6, 6.07) is 0.554. The highest BCUT2D eigenvalue weighted by Gasteiger charge is 2.39. The van der Waals surface area contributed by atoms with E-state index in [1.54, 1.807) is 0 Å². The molecular formula is C10H20N5O2P. The first-order valence-electron chi connectivity index (χ1n) is 6.28. The van der Waals surface area contributed by atoms with Crippen LogP contribution in [0, 0.1) is 5.92 Å². The molecule has 2 atom stereocenters. The van der Waals surface area contributed by atoms with Crippen molar-refractivity contribution in [3.05, 3.63) is 11.5 Å². The summed E-state index contributed by atoms with van der Waals surface area (Å²) in [5, 5.41) is 9.86. The van der Waals surface area contributed by atoms with Crippen LogP contribution < -0.4 is 21.7 Å². The van der Waals surface area contributed by atoms with Gasteiger partial charge in [0.15, 0.2) is 9.03 Å². The van der Waals surface area contributed by atoms with Gasteiger partial charge in [-0.15, -0.1) is 0 Å². The zero-order valence-electron chi connectivity index (χ0n) is 10.1. The molecule has 6 N–H and O–H groups in total. The molecule has 0 aromatic heterocycles. The van der Waals surface area contributed by atoms with Crippen molar-refractivity contribution in [2.24, 2.45) is 11.7 Å². The summed E-state index contributed by atoms with van der Waals surface area (Å²) >= 11 is 0. The van der Waals surface area contributed by atoms with Crippen LogP contribution in [0.4, 0.5) is 0 Å². The summed E-state index contributed by atoms with van der Waals surface area (Å²) in [6.45, 7) is 2.21. The number of rotatable bonds is 4. The lowest BCUT2D eigenvalue weighted by Crippen LogP contribution is -2.53. The molecule has 2 heterocycles. The molecule has 0 aromatic rings. The predicted octanol–water partition coefficient (Wildman–Crippen LogP) is -1.25. The van der Waals surface area contributed by atoms with E-state index in [0.29, 0.717) is 25.2 Å². The van der Waals surface area contributed by atoms with E-state index >= 15 is 0 Å². The van der Waals surface area contributed by atoms with Crippen molar-refractivity contribution in [2.75, 3.05) is 19.9 Å². The van der Waals surface area contributed by atoms with Gasteiger partial charge in [0.2, 0.25) is 0 Å². The molecule has 102 valence electrons. The SMILES string of the molecule is NC1NCNC2=C1NCN2[C@H]1C[C@@H](COPO)C1. The molecule has 1 aliphatic carbocycles. The third kappa shape index (κ3) is 2.17. The van der Waals surface area contributed by atoms with Crippen molar-refractivity contribution in [2.45, 2.75) is 25.0 Å². The minimum Gasteiger partial charge on any atom is -0.366 e. The molecule has 2 aliphatic heterocycles. The molecule has 1 fully saturated rings. The van der Waals surface area contributed by atoms with Crippen LogP contribution in [0.5, 0.6) is 0 Å². The third-order valence-corrected chi connectivity index (χ3v) is 4.20. The summed E-state index contributed by atoms with van der Waals surface area (Å²) in [5.74, 6) is 1.73. The van der Waals surface area contributed by atoms with Gasteiger partial charge in [-0.25, -0.2) is 0 Å². The van der Waals surface area contributed by atoms with Gasteiger partial charge in [-0.3, -0.25) is 5.32 Å². The van der Waals surface area contributed by atoms with Crippen LogP contribution in [-0.2, 0) is 4.52 Å². The van der Waals surface area contributed by atoms with Gasteiger partial charge in [-0.05, 0) is 18.8 Å². The first-order valence-corrected chi connectivity index (χ1v) is 7.13. The highest BCUT2D eigenvalue weighted by molar-refractivity contribution is 7.24. The van der Waals surface area contributed by atoms with Gasteiger partial charge in [0.25, 0.3) is 0 Å². The Morgan fingerprint density at radius 3 is 3.06 bits per heavy atom. The smallest absolute Gasteiger partial charge is 0.152 e. The molecule has 3 rings (SSSR count). The number of hydrogen-bond donors (Lipinski definition) is 5. The molecule has 0 spiro atoms. The molecule has 0 saturated heterocycles. The van der Waals surface area contributed by atoms with Crippen molar-refractivity contribution >= 4 is 9.03 Å². The van der Waals surface area contributed by atoms with Gasteiger partial charge < -0.3 is 30.7 Å². The third-order valence-electron chi connectivity index (χ3n) is 3.91. The first kappa shape index (κ1) is 12.4. The molecule has 1 saturated carbocycles. The molecular weight excluding hydrogens is 253 g/mol. The van der Waals surface area contributed by atoms with Crippen LogP contribution in [0.1, 0.15) is 12.8 Å². The lowest BCUT2D eigenvalue weighted by molar-refractivity contribution is 0.0743. The van der Waals surface area contributed by atoms with Crippen LogP contribution in [0.2, 0.25) is 0 Å². The summed E-state index contributed by atoms with van der Waals surface area (Å²) < 4.78 is 5.06. The van der Waals surface area contributed by atoms with Crippen molar-refractivity contribution < 1.29 is 9.42 Å². The van der Waals surface area contributed by atoms with Crippen molar-refractivity contribution in [1.29, 1.82) is 0 Å². The van der Waals surface area contributed by atoms with E-state index < -0.39 is 0 Å². The van der Waals surface area contributed by atoms with E-state index in [1.807, 2.05) is 0 Å². The molecule has 0 aromatic carbocycles. The molecule has 0 bridgehead atoms. The van der Waals surface area contributed by atoms with E-state index in [2.05, 4.69) is 20.9 Å². The zero-order chi connectivity index (χ0) is 12.5. The average molecular weight is 273 g/mol. The fourth-order valence-corrected chi connectivity index (χ4v) is 3.16. The average Bonchev–Trinajstić information content (AvgIpc) is 2.73. The molecule has 0 radical (unpaired) electrons. The van der Waals surface area contributed by atoms with E-state index in [-0.39, 0.29) is 15.2 Å². The minimum atomic E-state index is -0.389. The summed E-state index contributed by atoms with van der Waals surface area (Å²) in [4.78, 5) is 11.0. The maximum atomic E-state index is 8.64. The Bertz CT molecular complexity index is 347. The highest BCUT2D eigenvalue weighted by Crippen LogP contribution is 2.36. The zero-order valence-corrected chi connectivity index (χ0v) is 11.1. The standard InChI is InChI=1S/C10H20N5O2P/c11-9-8-10(13-4-12-9)15(5-14-8)7-1-6(2-7)3-17-18-16/h6-7,9,12-14,16,18H,1-5,11H2/t6-,7+,9?. The van der Waals surface area contributed by atoms with Gasteiger partial charge in [0, 0.05) is 6.04 Å². The Balaban J connectivity index is 1.56. The van der Waals surface area contributed by atoms with Gasteiger partial charge in [-0.1, -0.05) is 0 Å². The maximum Gasteiger partial charge on any atom is 0.152 e. The Labute approximate surface area is 108 Å². The van der Waals surface area contributed by atoms with Crippen LogP contribution in [0.3, 0.4) is 0 Å². The Morgan fingerprint density at radius 2 is 2.28 bits per heavy atom. The maximum absolute atomic E-state index is 8.64. The normalized spacial score (nSPS) is 35.4. The summed E-state index contributed by atoms with van der Waals surface area (Å²) in [6.07, 6.45) is 2.14. The van der Waals surface area contributed by atoms with Crippen molar-refractivity contribution in [3.8, 4) is 0 Å². The molecule has 7 nitrogen and oxygen atoms in total. The van der Waals surface area contributed by atoms with Crippen LogP contribution in [-0.4, -0.2) is 41.9 Å². The minimum absolute atomic E-state index is 0.0963. The molecule has 18 heavy (non-hydrogen) atoms. The van der Waals surface area contributed by atoms with Gasteiger partial charge in [-0.2, -0.15) is 0 Å². The molecule has 3 aliphatic rings. The lowest BCUT2D eigenvalue weighted by Gasteiger charge is -2.43. The van der Waals surface area contributed by atoms with Crippen LogP contribution in [0.15, 0.2) is 11.5 Å². The van der Waals surface area contributed by atoms with Crippen LogP contribution >= 0.6 is 9.03 Å². The monoisotopic (exact) mass is 273 g/mol. The fraction of sp³-hybridized carbons (Fsp3) is 0.800. The molecule has 8 heteroatoms. The van der Waals surface area contributed by atoms with E-state index in [1.165, 1.54) is 0 Å². The van der Waals surface area contributed by atoms with Crippen molar-refractivity contribution in [1.82, 2.24) is 20.9 Å². The van der Waals surface area contributed by atoms with Crippen LogP contribution in [0.25, 0.3) is 0 Å². The predicted molar refractivity (Wildman–Crippen MR) is 69.0 cm³/mol. The van der Waals surface area contributed by atoms with E-state index in [9.17, 15) is 0 Å². The summed E-state index contributed by atoms with van der Waals surface area (Å²) in [5.41, 5.74) is 7.06. The number of nitrogens with two attached hydrogens (primary N) is 1. The van der Waals surface area contributed by atoms with Gasteiger partial charge in [0.05, 0.1) is 25.6 Å². The second kappa shape index (κ2) is 5.19. The second-order valence-corrected chi connectivity index (χ2v) is 5.47. The highest BCUT2D eigenvalue weighted by atomic mass is 31.1. The molecule has 2 unspecified atom stereocenters. The fourth-order valence-electron chi connectivity index (χ4n) is 2.85. The number of hydrogen-bond acceptors (Lipinski definition) is 7. The molecule has 0 amide bonds. The number of nitrogens with zero attached hydrogens (tertiary/aromatic N) is 1. The Hall–Kier alpha value is -0.590. The summed E-state index contributed by atoms with van der Waals surface area (Å²) in [7, 11) is -0.389. The Morgan fingerprint density at radius 1 is 1.44 bits per heavy atom. The topological polar surface area (TPSA) is 94.8 Å².